The SMILES string of the molecule is COc1cc2c(cc1OC)CN([C@H](C)C(=O)Nc1cc([N+](=O)[O-])ccc1Cl)CC2. The molecule has 0 saturated heterocycles. The third-order valence-electron chi connectivity index (χ3n) is 5.09. The van der Waals surface area contributed by atoms with E-state index in [1.807, 2.05) is 17.0 Å². The summed E-state index contributed by atoms with van der Waals surface area (Å²) in [5.41, 5.74) is 2.32. The number of carbonyl (C=O) groups is 1. The zero-order valence-electron chi connectivity index (χ0n) is 16.4. The first-order chi connectivity index (χ1) is 13.8. The standard InChI is InChI=1S/C20H22ClN3O5/c1-12(20(25)22-17-10-15(24(26)27)4-5-16(17)21)23-7-6-13-8-18(28-2)19(29-3)9-14(13)11-23/h4-5,8-10,12H,6-7,11H2,1-3H3,(H,22,25)/t12-/m1/s1. The number of nitro groups is 1. The molecule has 2 aromatic rings. The van der Waals surface area contributed by atoms with E-state index >= 15 is 0 Å². The number of nitro benzene ring substituents is 1. The highest BCUT2D eigenvalue weighted by molar-refractivity contribution is 6.33. The minimum atomic E-state index is -0.529. The Labute approximate surface area is 173 Å². The molecule has 1 heterocycles. The number of amides is 1. The summed E-state index contributed by atoms with van der Waals surface area (Å²) in [5, 5.41) is 13.9. The van der Waals surface area contributed by atoms with Crippen molar-refractivity contribution in [1.29, 1.82) is 0 Å². The van der Waals surface area contributed by atoms with Crippen molar-refractivity contribution < 1.29 is 19.2 Å². The van der Waals surface area contributed by atoms with Crippen LogP contribution in [0.25, 0.3) is 0 Å². The third-order valence-corrected chi connectivity index (χ3v) is 5.42. The first-order valence-electron chi connectivity index (χ1n) is 9.06. The number of rotatable bonds is 6. The highest BCUT2D eigenvalue weighted by Gasteiger charge is 2.27. The fraction of sp³-hybridized carbons (Fsp3) is 0.350. The van der Waals surface area contributed by atoms with Gasteiger partial charge in [0.1, 0.15) is 0 Å². The number of hydrogen-bond acceptors (Lipinski definition) is 6. The number of halogens is 1. The Kier molecular flexibility index (Phi) is 6.24. The Morgan fingerprint density at radius 2 is 1.86 bits per heavy atom. The summed E-state index contributed by atoms with van der Waals surface area (Å²) in [6, 6.07) is 7.41. The minimum Gasteiger partial charge on any atom is -0.493 e. The quantitative estimate of drug-likeness (QED) is 0.567. The Balaban J connectivity index is 1.75. The van der Waals surface area contributed by atoms with Gasteiger partial charge < -0.3 is 14.8 Å². The Bertz CT molecular complexity index is 950. The van der Waals surface area contributed by atoms with Gasteiger partial charge in [0, 0.05) is 25.2 Å². The van der Waals surface area contributed by atoms with Crippen LogP contribution in [0.5, 0.6) is 11.5 Å². The fourth-order valence-electron chi connectivity index (χ4n) is 3.36. The van der Waals surface area contributed by atoms with Crippen LogP contribution < -0.4 is 14.8 Å². The Hall–Kier alpha value is -2.84. The first-order valence-corrected chi connectivity index (χ1v) is 9.44. The van der Waals surface area contributed by atoms with Gasteiger partial charge in [-0.25, -0.2) is 0 Å². The average Bonchev–Trinajstić information content (AvgIpc) is 2.72. The molecule has 154 valence electrons. The maximum atomic E-state index is 12.8. The number of fused-ring (bicyclic) bond motifs is 1. The molecule has 9 heteroatoms. The molecule has 0 saturated carbocycles. The molecule has 0 spiro atoms. The van der Waals surface area contributed by atoms with E-state index in [0.29, 0.717) is 24.6 Å². The van der Waals surface area contributed by atoms with Crippen LogP contribution in [-0.4, -0.2) is 42.5 Å². The monoisotopic (exact) mass is 419 g/mol. The predicted octanol–water partition coefficient (Wildman–Crippen LogP) is 3.65. The van der Waals surface area contributed by atoms with Crippen molar-refractivity contribution in [3.05, 3.63) is 56.6 Å². The van der Waals surface area contributed by atoms with Crippen LogP contribution in [-0.2, 0) is 17.8 Å². The van der Waals surface area contributed by atoms with Crippen LogP contribution >= 0.6 is 11.6 Å². The molecule has 1 N–H and O–H groups in total. The van der Waals surface area contributed by atoms with Gasteiger partial charge in [0.2, 0.25) is 5.91 Å². The fourth-order valence-corrected chi connectivity index (χ4v) is 3.53. The Morgan fingerprint density at radius 1 is 1.21 bits per heavy atom. The summed E-state index contributed by atoms with van der Waals surface area (Å²) in [6.45, 7) is 3.07. The van der Waals surface area contributed by atoms with Gasteiger partial charge >= 0.3 is 0 Å². The number of methoxy groups -OCH3 is 2. The summed E-state index contributed by atoms with van der Waals surface area (Å²) in [6.07, 6.45) is 0.769. The summed E-state index contributed by atoms with van der Waals surface area (Å²) in [5.74, 6) is 1.05. The number of anilines is 1. The highest BCUT2D eigenvalue weighted by atomic mass is 35.5. The highest BCUT2D eigenvalue weighted by Crippen LogP contribution is 2.34. The van der Waals surface area contributed by atoms with E-state index in [4.69, 9.17) is 21.1 Å². The van der Waals surface area contributed by atoms with E-state index in [1.165, 1.54) is 18.2 Å². The van der Waals surface area contributed by atoms with Crippen LogP contribution in [0.1, 0.15) is 18.1 Å². The van der Waals surface area contributed by atoms with Gasteiger partial charge in [0.05, 0.1) is 35.9 Å². The molecule has 2 aromatic carbocycles. The lowest BCUT2D eigenvalue weighted by molar-refractivity contribution is -0.384. The molecule has 0 aliphatic carbocycles. The van der Waals surface area contributed by atoms with Crippen molar-refractivity contribution in [3.8, 4) is 11.5 Å². The molecular formula is C20H22ClN3O5. The minimum absolute atomic E-state index is 0.134. The normalized spacial score (nSPS) is 14.6. The van der Waals surface area contributed by atoms with Gasteiger partial charge in [-0.1, -0.05) is 11.6 Å². The molecule has 1 aliphatic heterocycles. The average molecular weight is 420 g/mol. The van der Waals surface area contributed by atoms with Crippen molar-refractivity contribution >= 4 is 28.9 Å². The van der Waals surface area contributed by atoms with Gasteiger partial charge in [0.15, 0.2) is 11.5 Å². The molecule has 3 rings (SSSR count). The summed E-state index contributed by atoms with van der Waals surface area (Å²) in [4.78, 5) is 25.2. The molecule has 1 atom stereocenters. The lowest BCUT2D eigenvalue weighted by atomic mass is 9.97. The van der Waals surface area contributed by atoms with Gasteiger partial charge in [-0.15, -0.1) is 0 Å². The molecule has 0 aromatic heterocycles. The van der Waals surface area contributed by atoms with E-state index < -0.39 is 11.0 Å². The van der Waals surface area contributed by atoms with E-state index in [-0.39, 0.29) is 22.3 Å². The second-order valence-electron chi connectivity index (χ2n) is 6.78. The number of hydrogen-bond donors (Lipinski definition) is 1. The topological polar surface area (TPSA) is 93.9 Å². The zero-order chi connectivity index (χ0) is 21.1. The number of nitrogens with one attached hydrogen (secondary N) is 1. The van der Waals surface area contributed by atoms with Crippen LogP contribution in [0, 0.1) is 10.1 Å². The van der Waals surface area contributed by atoms with E-state index in [9.17, 15) is 14.9 Å². The number of nitrogens with zero attached hydrogens (tertiary/aromatic N) is 2. The molecule has 1 amide bonds. The number of ether oxygens (including phenoxy) is 2. The maximum absolute atomic E-state index is 12.8. The van der Waals surface area contributed by atoms with Gasteiger partial charge in [0.25, 0.3) is 5.69 Å². The first kappa shape index (κ1) is 20.9. The summed E-state index contributed by atoms with van der Waals surface area (Å²) < 4.78 is 10.7. The van der Waals surface area contributed by atoms with Crippen molar-refractivity contribution in [2.75, 3.05) is 26.1 Å². The van der Waals surface area contributed by atoms with Crippen LogP contribution in [0.3, 0.4) is 0 Å². The molecule has 29 heavy (non-hydrogen) atoms. The maximum Gasteiger partial charge on any atom is 0.271 e. The number of carbonyl (C=O) groups excluding carboxylic acids is 1. The summed E-state index contributed by atoms with van der Waals surface area (Å²) >= 11 is 6.09. The molecule has 0 unspecified atom stereocenters. The smallest absolute Gasteiger partial charge is 0.271 e. The van der Waals surface area contributed by atoms with E-state index in [0.717, 1.165) is 17.5 Å². The summed E-state index contributed by atoms with van der Waals surface area (Å²) in [7, 11) is 3.19. The van der Waals surface area contributed by atoms with Crippen LogP contribution in [0.4, 0.5) is 11.4 Å². The van der Waals surface area contributed by atoms with Crippen LogP contribution in [0.15, 0.2) is 30.3 Å². The van der Waals surface area contributed by atoms with Crippen molar-refractivity contribution in [3.63, 3.8) is 0 Å². The largest absolute Gasteiger partial charge is 0.493 e. The Morgan fingerprint density at radius 3 is 2.48 bits per heavy atom. The van der Waals surface area contributed by atoms with Gasteiger partial charge in [-0.05, 0) is 42.7 Å². The number of non-ortho nitro benzene ring substituents is 1. The lowest BCUT2D eigenvalue weighted by Crippen LogP contribution is -2.44. The van der Waals surface area contributed by atoms with Crippen molar-refractivity contribution in [1.82, 2.24) is 4.90 Å². The van der Waals surface area contributed by atoms with Crippen molar-refractivity contribution in [2.24, 2.45) is 0 Å². The molecule has 8 nitrogen and oxygen atoms in total. The van der Waals surface area contributed by atoms with Crippen LogP contribution in [0.2, 0.25) is 5.02 Å². The van der Waals surface area contributed by atoms with E-state index in [2.05, 4.69) is 5.32 Å². The second-order valence-corrected chi connectivity index (χ2v) is 7.19. The van der Waals surface area contributed by atoms with E-state index in [1.54, 1.807) is 21.1 Å². The van der Waals surface area contributed by atoms with Gasteiger partial charge in [-0.2, -0.15) is 0 Å². The molecule has 1 aliphatic rings. The molecule has 0 radical (unpaired) electrons. The molecule has 0 bridgehead atoms. The molecular weight excluding hydrogens is 398 g/mol. The second kappa shape index (κ2) is 8.67. The third kappa shape index (κ3) is 4.44. The van der Waals surface area contributed by atoms with Gasteiger partial charge in [-0.3, -0.25) is 19.8 Å². The molecule has 0 fully saturated rings. The predicted molar refractivity (Wildman–Crippen MR) is 110 cm³/mol. The zero-order valence-corrected chi connectivity index (χ0v) is 17.2. The lowest BCUT2D eigenvalue weighted by Gasteiger charge is -2.33. The van der Waals surface area contributed by atoms with Crippen molar-refractivity contribution in [2.45, 2.75) is 25.9 Å². The number of benzene rings is 2.